The highest BCUT2D eigenvalue weighted by Gasteiger charge is 2.40. The van der Waals surface area contributed by atoms with Crippen LogP contribution in [0.5, 0.6) is 5.75 Å². The van der Waals surface area contributed by atoms with Crippen LogP contribution in [0.4, 0.5) is 13.2 Å². The van der Waals surface area contributed by atoms with E-state index in [1.165, 1.54) is 7.11 Å². The number of benzene rings is 1. The van der Waals surface area contributed by atoms with Crippen molar-refractivity contribution in [2.24, 2.45) is 5.73 Å². The van der Waals surface area contributed by atoms with E-state index in [9.17, 15) is 13.2 Å². The van der Waals surface area contributed by atoms with Gasteiger partial charge in [0.05, 0.1) is 7.11 Å². The highest BCUT2D eigenvalue weighted by molar-refractivity contribution is 5.45. The third kappa shape index (κ3) is 2.47. The van der Waals surface area contributed by atoms with E-state index in [0.29, 0.717) is 5.56 Å². The lowest BCUT2D eigenvalue weighted by atomic mass is 9.98. The zero-order valence-corrected chi connectivity index (χ0v) is 9.35. The number of nitrogens with two attached hydrogens (primary N) is 1. The topological polar surface area (TPSA) is 35.2 Å². The van der Waals surface area contributed by atoms with Crippen LogP contribution >= 0.6 is 0 Å². The van der Waals surface area contributed by atoms with E-state index < -0.39 is 12.2 Å². The van der Waals surface area contributed by atoms with Gasteiger partial charge in [-0.15, -0.1) is 0 Å². The molecule has 0 aromatic heterocycles. The second-order valence-electron chi connectivity index (χ2n) is 3.72. The normalized spacial score (nSPS) is 13.7. The van der Waals surface area contributed by atoms with Crippen LogP contribution in [-0.2, 0) is 0 Å². The molecule has 2 nitrogen and oxygen atoms in total. The molecule has 0 amide bonds. The Balaban J connectivity index is 3.32. The van der Waals surface area contributed by atoms with Crippen LogP contribution in [0.15, 0.2) is 12.1 Å². The number of rotatable bonds is 2. The van der Waals surface area contributed by atoms with Gasteiger partial charge in [-0.25, -0.2) is 0 Å². The number of alkyl halides is 3. The van der Waals surface area contributed by atoms with Crippen LogP contribution in [-0.4, -0.2) is 13.3 Å². The van der Waals surface area contributed by atoms with Crippen LogP contribution in [0.1, 0.15) is 22.7 Å². The minimum atomic E-state index is -4.46. The third-order valence-electron chi connectivity index (χ3n) is 2.38. The largest absolute Gasteiger partial charge is 0.496 e. The minimum absolute atomic E-state index is 0.000556. The Bertz CT molecular complexity index is 388. The Kier molecular flexibility index (Phi) is 3.48. The summed E-state index contributed by atoms with van der Waals surface area (Å²) in [6.45, 7) is 3.38. The first-order valence-electron chi connectivity index (χ1n) is 4.74. The molecule has 0 aliphatic heterocycles. The first kappa shape index (κ1) is 12.8. The molecule has 1 aromatic carbocycles. The van der Waals surface area contributed by atoms with Crippen molar-refractivity contribution < 1.29 is 17.9 Å². The summed E-state index contributed by atoms with van der Waals surface area (Å²) >= 11 is 0. The summed E-state index contributed by atoms with van der Waals surface area (Å²) in [5.41, 5.74) is 6.52. The standard InChI is InChI=1S/C11H14F3NO/c1-6-4-7(2)9(8(5-6)16-3)10(15)11(12,13)14/h4-5,10H,15H2,1-3H3/t10-/m0/s1. The summed E-state index contributed by atoms with van der Waals surface area (Å²) in [6.07, 6.45) is -4.46. The molecule has 16 heavy (non-hydrogen) atoms. The molecule has 0 saturated heterocycles. The van der Waals surface area contributed by atoms with Gasteiger partial charge in [-0.05, 0) is 31.0 Å². The Morgan fingerprint density at radius 1 is 1.25 bits per heavy atom. The van der Waals surface area contributed by atoms with Gasteiger partial charge in [-0.1, -0.05) is 6.07 Å². The third-order valence-corrected chi connectivity index (χ3v) is 2.38. The van der Waals surface area contributed by atoms with Crippen molar-refractivity contribution >= 4 is 0 Å². The van der Waals surface area contributed by atoms with Gasteiger partial charge < -0.3 is 10.5 Å². The molecule has 0 heterocycles. The van der Waals surface area contributed by atoms with Gasteiger partial charge >= 0.3 is 6.18 Å². The van der Waals surface area contributed by atoms with Gasteiger partial charge in [0.25, 0.3) is 0 Å². The summed E-state index contributed by atoms with van der Waals surface area (Å²) in [4.78, 5) is 0. The summed E-state index contributed by atoms with van der Waals surface area (Å²) < 4.78 is 42.6. The van der Waals surface area contributed by atoms with Crippen molar-refractivity contribution in [3.63, 3.8) is 0 Å². The lowest BCUT2D eigenvalue weighted by Gasteiger charge is -2.21. The van der Waals surface area contributed by atoms with Crippen LogP contribution in [0, 0.1) is 13.8 Å². The van der Waals surface area contributed by atoms with E-state index in [-0.39, 0.29) is 11.3 Å². The predicted molar refractivity (Wildman–Crippen MR) is 55.5 cm³/mol. The SMILES string of the molecule is COc1cc(C)cc(C)c1[C@H](N)C(F)(F)F. The van der Waals surface area contributed by atoms with Crippen molar-refractivity contribution in [1.82, 2.24) is 0 Å². The Labute approximate surface area is 92.2 Å². The molecule has 0 aliphatic rings. The first-order chi connectivity index (χ1) is 7.27. The zero-order chi connectivity index (χ0) is 12.5. The lowest BCUT2D eigenvalue weighted by Crippen LogP contribution is -2.29. The molecule has 0 spiro atoms. The van der Waals surface area contributed by atoms with Crippen molar-refractivity contribution in [3.05, 3.63) is 28.8 Å². The smallest absolute Gasteiger partial charge is 0.407 e. The van der Waals surface area contributed by atoms with E-state index in [1.807, 2.05) is 0 Å². The van der Waals surface area contributed by atoms with Crippen molar-refractivity contribution in [2.75, 3.05) is 7.11 Å². The highest BCUT2D eigenvalue weighted by atomic mass is 19.4. The fourth-order valence-electron chi connectivity index (χ4n) is 1.67. The fraction of sp³-hybridized carbons (Fsp3) is 0.455. The van der Waals surface area contributed by atoms with E-state index in [2.05, 4.69) is 0 Å². The number of hydrogen-bond donors (Lipinski definition) is 1. The molecular weight excluding hydrogens is 219 g/mol. The minimum Gasteiger partial charge on any atom is -0.496 e. The van der Waals surface area contributed by atoms with Gasteiger partial charge in [-0.2, -0.15) is 13.2 Å². The lowest BCUT2D eigenvalue weighted by molar-refractivity contribution is -0.149. The highest BCUT2D eigenvalue weighted by Crippen LogP contribution is 2.37. The van der Waals surface area contributed by atoms with Crippen molar-refractivity contribution in [1.29, 1.82) is 0 Å². The number of methoxy groups -OCH3 is 1. The number of ether oxygens (including phenoxy) is 1. The van der Waals surface area contributed by atoms with Gasteiger partial charge in [0, 0.05) is 5.56 Å². The fourth-order valence-corrected chi connectivity index (χ4v) is 1.67. The number of aryl methyl sites for hydroxylation is 2. The quantitative estimate of drug-likeness (QED) is 0.852. The van der Waals surface area contributed by atoms with Crippen molar-refractivity contribution in [2.45, 2.75) is 26.1 Å². The van der Waals surface area contributed by atoms with E-state index >= 15 is 0 Å². The maximum atomic E-state index is 12.6. The second-order valence-corrected chi connectivity index (χ2v) is 3.72. The van der Waals surface area contributed by atoms with Gasteiger partial charge in [0.15, 0.2) is 0 Å². The summed E-state index contributed by atoms with van der Waals surface area (Å²) in [5, 5.41) is 0. The summed E-state index contributed by atoms with van der Waals surface area (Å²) in [6, 6.07) is 1.19. The first-order valence-corrected chi connectivity index (χ1v) is 4.74. The molecule has 2 N–H and O–H groups in total. The number of hydrogen-bond acceptors (Lipinski definition) is 2. The maximum Gasteiger partial charge on any atom is 0.407 e. The molecule has 1 aromatic rings. The van der Waals surface area contributed by atoms with E-state index in [0.717, 1.165) is 5.56 Å². The molecule has 0 fully saturated rings. The molecule has 0 unspecified atom stereocenters. The van der Waals surface area contributed by atoms with Gasteiger partial charge in [-0.3, -0.25) is 0 Å². The Hall–Kier alpha value is -1.23. The molecular formula is C11H14F3NO. The van der Waals surface area contributed by atoms with E-state index in [4.69, 9.17) is 10.5 Å². The van der Waals surface area contributed by atoms with Crippen LogP contribution in [0.25, 0.3) is 0 Å². The molecule has 90 valence electrons. The summed E-state index contributed by atoms with van der Waals surface area (Å²) in [5.74, 6) is 0.183. The molecule has 1 atom stereocenters. The molecule has 0 radical (unpaired) electrons. The molecule has 5 heteroatoms. The molecule has 0 bridgehead atoms. The Morgan fingerprint density at radius 2 is 1.81 bits per heavy atom. The van der Waals surface area contributed by atoms with Crippen LogP contribution < -0.4 is 10.5 Å². The monoisotopic (exact) mass is 233 g/mol. The van der Waals surface area contributed by atoms with Crippen LogP contribution in [0.3, 0.4) is 0 Å². The molecule has 1 rings (SSSR count). The average molecular weight is 233 g/mol. The predicted octanol–water partition coefficient (Wildman–Crippen LogP) is 2.87. The van der Waals surface area contributed by atoms with Crippen molar-refractivity contribution in [3.8, 4) is 5.75 Å². The molecule has 0 aliphatic carbocycles. The maximum absolute atomic E-state index is 12.6. The Morgan fingerprint density at radius 3 is 2.25 bits per heavy atom. The van der Waals surface area contributed by atoms with E-state index in [1.54, 1.807) is 26.0 Å². The van der Waals surface area contributed by atoms with Crippen LogP contribution in [0.2, 0.25) is 0 Å². The van der Waals surface area contributed by atoms with Gasteiger partial charge in [0.2, 0.25) is 0 Å². The number of halogens is 3. The van der Waals surface area contributed by atoms with Gasteiger partial charge in [0.1, 0.15) is 11.8 Å². The average Bonchev–Trinajstić information content (AvgIpc) is 2.14. The molecule has 0 saturated carbocycles. The zero-order valence-electron chi connectivity index (χ0n) is 9.35. The second kappa shape index (κ2) is 4.33. The summed E-state index contributed by atoms with van der Waals surface area (Å²) in [7, 11) is 1.33.